The van der Waals surface area contributed by atoms with Crippen molar-refractivity contribution in [3.8, 4) is 0 Å². The molecule has 0 saturated carbocycles. The molecule has 1 aromatic carbocycles. The summed E-state index contributed by atoms with van der Waals surface area (Å²) < 4.78 is 2.01. The first-order valence-electron chi connectivity index (χ1n) is 6.37. The number of fused-ring (bicyclic) bond motifs is 1. The van der Waals surface area contributed by atoms with Crippen LogP contribution in [-0.4, -0.2) is 23.4 Å². The van der Waals surface area contributed by atoms with Gasteiger partial charge < -0.3 is 10.6 Å². The van der Waals surface area contributed by atoms with E-state index in [1.165, 1.54) is 11.3 Å². The zero-order valence-corrected chi connectivity index (χ0v) is 13.1. The number of rotatable bonds is 1. The van der Waals surface area contributed by atoms with Crippen LogP contribution >= 0.6 is 27.3 Å². The number of hydrogen-bond acceptors (Lipinski definition) is 3. The maximum atomic E-state index is 12.6. The van der Waals surface area contributed by atoms with Gasteiger partial charge in [-0.1, -0.05) is 22.0 Å². The summed E-state index contributed by atoms with van der Waals surface area (Å²) in [6.07, 6.45) is 2.17. The quantitative estimate of drug-likeness (QED) is 0.857. The smallest absolute Gasteiger partial charge is 0.266 e. The van der Waals surface area contributed by atoms with E-state index in [2.05, 4.69) is 22.9 Å². The highest BCUT2D eigenvalue weighted by Crippen LogP contribution is 2.39. The fourth-order valence-corrected chi connectivity index (χ4v) is 4.47. The molecule has 5 heteroatoms. The molecule has 3 nitrogen and oxygen atoms in total. The number of halogens is 1. The van der Waals surface area contributed by atoms with Crippen molar-refractivity contribution in [3.05, 3.63) is 27.5 Å². The number of amides is 1. The maximum absolute atomic E-state index is 12.6. The minimum absolute atomic E-state index is 0.0793. The molecule has 1 aliphatic heterocycles. The van der Waals surface area contributed by atoms with Gasteiger partial charge in [-0.15, -0.1) is 11.3 Å². The van der Waals surface area contributed by atoms with Crippen molar-refractivity contribution in [3.63, 3.8) is 0 Å². The van der Waals surface area contributed by atoms with Gasteiger partial charge in [-0.05, 0) is 31.9 Å². The number of nitrogens with two attached hydrogens (primary N) is 1. The van der Waals surface area contributed by atoms with Gasteiger partial charge in [0, 0.05) is 27.1 Å². The molecule has 3 rings (SSSR count). The number of carbonyl (C=O) groups excluding carboxylic acids is 1. The van der Waals surface area contributed by atoms with Gasteiger partial charge in [0.2, 0.25) is 0 Å². The highest BCUT2D eigenvalue weighted by atomic mass is 79.9. The van der Waals surface area contributed by atoms with Gasteiger partial charge in [0.1, 0.15) is 4.88 Å². The van der Waals surface area contributed by atoms with Crippen molar-refractivity contribution in [2.24, 2.45) is 0 Å². The summed E-state index contributed by atoms with van der Waals surface area (Å²) in [6.45, 7) is 2.94. The van der Waals surface area contributed by atoms with Crippen LogP contribution in [0.4, 0.5) is 5.69 Å². The predicted molar refractivity (Wildman–Crippen MR) is 83.7 cm³/mol. The van der Waals surface area contributed by atoms with Crippen molar-refractivity contribution in [2.45, 2.75) is 25.8 Å². The molecular formula is C14H15BrN2OS. The van der Waals surface area contributed by atoms with E-state index >= 15 is 0 Å². The number of benzene rings is 1. The van der Waals surface area contributed by atoms with Crippen LogP contribution in [0.15, 0.2) is 22.7 Å². The second kappa shape index (κ2) is 4.80. The summed E-state index contributed by atoms with van der Waals surface area (Å²) in [6, 6.07) is 6.25. The van der Waals surface area contributed by atoms with E-state index in [0.29, 0.717) is 16.6 Å². The third-order valence-corrected chi connectivity index (χ3v) is 5.53. The van der Waals surface area contributed by atoms with Crippen molar-refractivity contribution in [2.75, 3.05) is 12.3 Å². The number of carbonyl (C=O) groups is 1. The van der Waals surface area contributed by atoms with E-state index in [1.54, 1.807) is 0 Å². The monoisotopic (exact) mass is 338 g/mol. The Hall–Kier alpha value is -1.07. The average molecular weight is 339 g/mol. The highest BCUT2D eigenvalue weighted by Gasteiger charge is 2.29. The fraction of sp³-hybridized carbons (Fsp3) is 0.357. The summed E-state index contributed by atoms with van der Waals surface area (Å²) in [5, 5.41) is 0.961. The van der Waals surface area contributed by atoms with Crippen LogP contribution in [0, 0.1) is 0 Å². The van der Waals surface area contributed by atoms with Crippen molar-refractivity contribution in [1.29, 1.82) is 0 Å². The Morgan fingerprint density at radius 1 is 1.53 bits per heavy atom. The second-order valence-corrected chi connectivity index (χ2v) is 6.85. The van der Waals surface area contributed by atoms with Gasteiger partial charge in [0.25, 0.3) is 5.91 Å². The number of nitrogen functional groups attached to an aromatic ring is 1. The molecule has 1 aromatic heterocycles. The van der Waals surface area contributed by atoms with Gasteiger partial charge in [-0.25, -0.2) is 0 Å². The topological polar surface area (TPSA) is 46.3 Å². The lowest BCUT2D eigenvalue weighted by molar-refractivity contribution is 0.0753. The third kappa shape index (κ3) is 2.05. The lowest BCUT2D eigenvalue weighted by Gasteiger charge is -2.20. The average Bonchev–Trinajstić information content (AvgIpc) is 2.94. The molecule has 0 spiro atoms. The second-order valence-electron chi connectivity index (χ2n) is 4.95. The number of anilines is 1. The predicted octanol–water partition coefficient (Wildman–Crippen LogP) is 3.87. The third-order valence-electron chi connectivity index (χ3n) is 3.71. The first-order chi connectivity index (χ1) is 9.09. The number of nitrogens with zero attached hydrogens (tertiary/aromatic N) is 1. The molecule has 1 fully saturated rings. The molecule has 2 heterocycles. The minimum Gasteiger partial charge on any atom is -0.397 e. The molecule has 1 unspecified atom stereocenters. The Morgan fingerprint density at radius 2 is 2.32 bits per heavy atom. The Balaban J connectivity index is 2.08. The van der Waals surface area contributed by atoms with Gasteiger partial charge >= 0.3 is 0 Å². The molecule has 1 saturated heterocycles. The van der Waals surface area contributed by atoms with E-state index in [9.17, 15) is 4.79 Å². The van der Waals surface area contributed by atoms with E-state index in [1.807, 2.05) is 23.1 Å². The van der Waals surface area contributed by atoms with E-state index in [-0.39, 0.29) is 5.91 Å². The van der Waals surface area contributed by atoms with Crippen molar-refractivity contribution < 1.29 is 4.79 Å². The molecule has 1 atom stereocenters. The zero-order valence-electron chi connectivity index (χ0n) is 10.6. The summed E-state index contributed by atoms with van der Waals surface area (Å²) in [5.41, 5.74) is 6.79. The molecule has 0 radical (unpaired) electrons. The van der Waals surface area contributed by atoms with Gasteiger partial charge in [0.05, 0.1) is 5.69 Å². The Bertz CT molecular complexity index is 652. The molecule has 19 heavy (non-hydrogen) atoms. The Kier molecular flexibility index (Phi) is 3.27. The van der Waals surface area contributed by atoms with Crippen LogP contribution in [0.3, 0.4) is 0 Å². The van der Waals surface area contributed by atoms with Gasteiger partial charge in [0.15, 0.2) is 0 Å². The molecule has 2 aromatic rings. The number of likely N-dealkylation sites (tertiary alicyclic amines) is 1. The Morgan fingerprint density at radius 3 is 2.95 bits per heavy atom. The summed E-state index contributed by atoms with van der Waals surface area (Å²) >= 11 is 5.00. The summed E-state index contributed by atoms with van der Waals surface area (Å²) in [7, 11) is 0. The van der Waals surface area contributed by atoms with Gasteiger partial charge in [-0.3, -0.25) is 4.79 Å². The normalized spacial score (nSPS) is 19.3. The summed E-state index contributed by atoms with van der Waals surface area (Å²) in [5.74, 6) is 0.0793. The van der Waals surface area contributed by atoms with E-state index < -0.39 is 0 Å². The molecular weight excluding hydrogens is 324 g/mol. The standard InChI is InChI=1S/C14H15BrN2OS/c1-8-4-3-7-17(8)14(18)13-12(16)11-9(15)5-2-6-10(11)19-13/h2,5-6,8H,3-4,7,16H2,1H3. The van der Waals surface area contributed by atoms with Crippen molar-refractivity contribution in [1.82, 2.24) is 4.90 Å². The molecule has 100 valence electrons. The number of hydrogen-bond donors (Lipinski definition) is 1. The molecule has 0 bridgehead atoms. The molecule has 1 aliphatic rings. The largest absolute Gasteiger partial charge is 0.397 e. The minimum atomic E-state index is 0.0793. The van der Waals surface area contributed by atoms with Crippen LogP contribution in [0.2, 0.25) is 0 Å². The summed E-state index contributed by atoms with van der Waals surface area (Å²) in [4.78, 5) is 15.2. The van der Waals surface area contributed by atoms with Crippen LogP contribution in [0.1, 0.15) is 29.4 Å². The first kappa shape index (κ1) is 12.9. The molecule has 1 amide bonds. The lowest BCUT2D eigenvalue weighted by Crippen LogP contribution is -2.33. The van der Waals surface area contributed by atoms with Crippen LogP contribution in [0.25, 0.3) is 10.1 Å². The van der Waals surface area contributed by atoms with Crippen LogP contribution in [-0.2, 0) is 0 Å². The molecule has 2 N–H and O–H groups in total. The van der Waals surface area contributed by atoms with Crippen molar-refractivity contribution >= 4 is 48.9 Å². The first-order valence-corrected chi connectivity index (χ1v) is 7.98. The van der Waals surface area contributed by atoms with Crippen LogP contribution < -0.4 is 5.73 Å². The zero-order chi connectivity index (χ0) is 13.6. The number of thiophene rings is 1. The maximum Gasteiger partial charge on any atom is 0.266 e. The molecule has 0 aliphatic carbocycles. The van der Waals surface area contributed by atoms with Crippen LogP contribution in [0.5, 0.6) is 0 Å². The van der Waals surface area contributed by atoms with Gasteiger partial charge in [-0.2, -0.15) is 0 Å². The SMILES string of the molecule is CC1CCCN1C(=O)c1sc2cccc(Br)c2c1N. The van der Waals surface area contributed by atoms with E-state index in [0.717, 1.165) is 33.9 Å². The Labute approximate surface area is 124 Å². The lowest BCUT2D eigenvalue weighted by atomic mass is 10.2. The highest BCUT2D eigenvalue weighted by molar-refractivity contribution is 9.10. The van der Waals surface area contributed by atoms with E-state index in [4.69, 9.17) is 5.73 Å². The fourth-order valence-electron chi connectivity index (χ4n) is 2.65.